The molecule has 4 nitrogen and oxygen atoms in total. The summed E-state index contributed by atoms with van der Waals surface area (Å²) >= 11 is 0. The molecule has 2 aliphatic rings. The SMILES string of the molecule is c1cnc2c(c1)nc(CC1CCOCC1)n2C1CCCC1. The Balaban J connectivity index is 1.70. The molecular formula is C17H23N3O. The summed E-state index contributed by atoms with van der Waals surface area (Å²) in [4.78, 5) is 9.53. The molecule has 4 rings (SSSR count). The van der Waals surface area contributed by atoms with Gasteiger partial charge in [0.25, 0.3) is 0 Å². The van der Waals surface area contributed by atoms with Crippen LogP contribution in [0.4, 0.5) is 0 Å². The third kappa shape index (κ3) is 2.57. The minimum atomic E-state index is 0.611. The predicted octanol–water partition coefficient (Wildman–Crippen LogP) is 3.52. The summed E-state index contributed by atoms with van der Waals surface area (Å²) in [6.45, 7) is 1.82. The molecule has 0 bridgehead atoms. The van der Waals surface area contributed by atoms with Gasteiger partial charge in [0, 0.05) is 31.9 Å². The molecule has 112 valence electrons. The van der Waals surface area contributed by atoms with Gasteiger partial charge in [-0.05, 0) is 43.7 Å². The number of ether oxygens (including phenoxy) is 1. The maximum Gasteiger partial charge on any atom is 0.160 e. The molecule has 1 saturated heterocycles. The highest BCUT2D eigenvalue weighted by Crippen LogP contribution is 2.34. The molecule has 1 saturated carbocycles. The van der Waals surface area contributed by atoms with Crippen LogP contribution in [0.3, 0.4) is 0 Å². The normalized spacial score (nSPS) is 21.3. The van der Waals surface area contributed by atoms with Gasteiger partial charge in [0.2, 0.25) is 0 Å². The van der Waals surface area contributed by atoms with Crippen LogP contribution >= 0.6 is 0 Å². The van der Waals surface area contributed by atoms with Crippen molar-refractivity contribution >= 4 is 11.2 Å². The van der Waals surface area contributed by atoms with Gasteiger partial charge < -0.3 is 9.30 Å². The summed E-state index contributed by atoms with van der Waals surface area (Å²) in [5.74, 6) is 1.97. The molecule has 0 amide bonds. The first-order chi connectivity index (χ1) is 10.4. The molecule has 0 N–H and O–H groups in total. The Hall–Kier alpha value is -1.42. The van der Waals surface area contributed by atoms with Crippen LogP contribution < -0.4 is 0 Å². The van der Waals surface area contributed by atoms with Crippen LogP contribution in [0.5, 0.6) is 0 Å². The number of fused-ring (bicyclic) bond motifs is 1. The highest BCUT2D eigenvalue weighted by molar-refractivity contribution is 5.71. The van der Waals surface area contributed by atoms with Crippen LogP contribution in [0, 0.1) is 5.92 Å². The van der Waals surface area contributed by atoms with Gasteiger partial charge in [-0.1, -0.05) is 12.8 Å². The zero-order valence-electron chi connectivity index (χ0n) is 12.5. The Labute approximate surface area is 125 Å². The van der Waals surface area contributed by atoms with Crippen LogP contribution in [-0.2, 0) is 11.2 Å². The van der Waals surface area contributed by atoms with E-state index in [9.17, 15) is 0 Å². The molecule has 21 heavy (non-hydrogen) atoms. The zero-order valence-corrected chi connectivity index (χ0v) is 12.5. The molecule has 2 fully saturated rings. The van der Waals surface area contributed by atoms with Crippen molar-refractivity contribution in [2.45, 2.75) is 51.0 Å². The van der Waals surface area contributed by atoms with Gasteiger partial charge >= 0.3 is 0 Å². The van der Waals surface area contributed by atoms with E-state index in [2.05, 4.69) is 15.6 Å². The van der Waals surface area contributed by atoms with Crippen molar-refractivity contribution in [3.63, 3.8) is 0 Å². The summed E-state index contributed by atoms with van der Waals surface area (Å²) in [7, 11) is 0. The number of hydrogen-bond acceptors (Lipinski definition) is 3. The largest absolute Gasteiger partial charge is 0.381 e. The second-order valence-electron chi connectivity index (χ2n) is 6.44. The standard InChI is InChI=1S/C17H23N3O/c1-2-5-14(4-1)20-16(12-13-7-10-21-11-8-13)19-15-6-3-9-18-17(15)20/h3,6,9,13-14H,1-2,4-5,7-8,10-12H2. The van der Waals surface area contributed by atoms with Crippen LogP contribution in [0.1, 0.15) is 50.4 Å². The van der Waals surface area contributed by atoms with Crippen molar-refractivity contribution in [1.29, 1.82) is 0 Å². The summed E-state index contributed by atoms with van der Waals surface area (Å²) in [6, 6.07) is 4.70. The van der Waals surface area contributed by atoms with E-state index < -0.39 is 0 Å². The Bertz CT molecular complexity index is 610. The average molecular weight is 285 g/mol. The van der Waals surface area contributed by atoms with E-state index in [0.29, 0.717) is 6.04 Å². The smallest absolute Gasteiger partial charge is 0.160 e. The lowest BCUT2D eigenvalue weighted by Crippen LogP contribution is -2.20. The summed E-state index contributed by atoms with van der Waals surface area (Å²) < 4.78 is 7.94. The van der Waals surface area contributed by atoms with Crippen molar-refractivity contribution < 1.29 is 4.74 Å². The third-order valence-corrected chi connectivity index (χ3v) is 5.02. The first-order valence-electron chi connectivity index (χ1n) is 8.31. The van der Waals surface area contributed by atoms with Crippen LogP contribution in [0.2, 0.25) is 0 Å². The molecule has 0 unspecified atom stereocenters. The quantitative estimate of drug-likeness (QED) is 0.866. The Morgan fingerprint density at radius 3 is 2.76 bits per heavy atom. The van der Waals surface area contributed by atoms with E-state index >= 15 is 0 Å². The maximum absolute atomic E-state index is 5.49. The zero-order chi connectivity index (χ0) is 14.1. The molecule has 4 heteroatoms. The topological polar surface area (TPSA) is 39.9 Å². The Kier molecular flexibility index (Phi) is 3.63. The van der Waals surface area contributed by atoms with E-state index in [1.807, 2.05) is 12.3 Å². The van der Waals surface area contributed by atoms with Gasteiger partial charge in [0.1, 0.15) is 11.3 Å². The number of pyridine rings is 1. The molecule has 1 aliphatic heterocycles. The highest BCUT2D eigenvalue weighted by atomic mass is 16.5. The van der Waals surface area contributed by atoms with E-state index in [-0.39, 0.29) is 0 Å². The van der Waals surface area contributed by atoms with Crippen molar-refractivity contribution in [3.8, 4) is 0 Å². The lowest BCUT2D eigenvalue weighted by Gasteiger charge is -2.23. The summed E-state index contributed by atoms with van der Waals surface area (Å²) in [5.41, 5.74) is 2.15. The fourth-order valence-electron chi connectivity index (χ4n) is 3.88. The van der Waals surface area contributed by atoms with Gasteiger partial charge in [0.15, 0.2) is 5.65 Å². The Morgan fingerprint density at radius 1 is 1.14 bits per heavy atom. The lowest BCUT2D eigenvalue weighted by molar-refractivity contribution is 0.0656. The number of hydrogen-bond donors (Lipinski definition) is 0. The van der Waals surface area contributed by atoms with E-state index in [4.69, 9.17) is 9.72 Å². The monoisotopic (exact) mass is 285 g/mol. The summed E-state index contributed by atoms with van der Waals surface area (Å²) in [6.07, 6.45) is 10.6. The maximum atomic E-state index is 5.49. The number of imidazole rings is 1. The molecule has 3 heterocycles. The first kappa shape index (κ1) is 13.3. The fourth-order valence-corrected chi connectivity index (χ4v) is 3.88. The fraction of sp³-hybridized carbons (Fsp3) is 0.647. The van der Waals surface area contributed by atoms with Crippen molar-refractivity contribution in [2.24, 2.45) is 5.92 Å². The molecule has 0 aromatic carbocycles. The Morgan fingerprint density at radius 2 is 1.95 bits per heavy atom. The summed E-state index contributed by atoms with van der Waals surface area (Å²) in [5, 5.41) is 0. The minimum absolute atomic E-state index is 0.611. The van der Waals surface area contributed by atoms with E-state index in [0.717, 1.165) is 36.7 Å². The molecule has 0 spiro atoms. The highest BCUT2D eigenvalue weighted by Gasteiger charge is 2.25. The van der Waals surface area contributed by atoms with Gasteiger partial charge in [-0.25, -0.2) is 9.97 Å². The predicted molar refractivity (Wildman–Crippen MR) is 82.3 cm³/mol. The van der Waals surface area contributed by atoms with E-state index in [1.165, 1.54) is 44.3 Å². The number of rotatable bonds is 3. The number of nitrogens with zero attached hydrogens (tertiary/aromatic N) is 3. The van der Waals surface area contributed by atoms with Gasteiger partial charge in [-0.3, -0.25) is 0 Å². The number of aromatic nitrogens is 3. The molecule has 0 radical (unpaired) electrons. The van der Waals surface area contributed by atoms with E-state index in [1.54, 1.807) is 0 Å². The third-order valence-electron chi connectivity index (χ3n) is 5.02. The lowest BCUT2D eigenvalue weighted by atomic mass is 9.96. The molecule has 0 atom stereocenters. The average Bonchev–Trinajstić information content (AvgIpc) is 3.14. The van der Waals surface area contributed by atoms with Crippen LogP contribution in [0.15, 0.2) is 18.3 Å². The van der Waals surface area contributed by atoms with Gasteiger partial charge in [-0.15, -0.1) is 0 Å². The van der Waals surface area contributed by atoms with Crippen molar-refractivity contribution in [3.05, 3.63) is 24.2 Å². The first-order valence-corrected chi connectivity index (χ1v) is 8.31. The molecule has 2 aromatic rings. The molecular weight excluding hydrogens is 262 g/mol. The van der Waals surface area contributed by atoms with Gasteiger partial charge in [-0.2, -0.15) is 0 Å². The minimum Gasteiger partial charge on any atom is -0.381 e. The van der Waals surface area contributed by atoms with Gasteiger partial charge in [0.05, 0.1) is 0 Å². The molecule has 2 aromatic heterocycles. The van der Waals surface area contributed by atoms with Crippen LogP contribution in [-0.4, -0.2) is 27.7 Å². The second kappa shape index (κ2) is 5.76. The molecule has 1 aliphatic carbocycles. The van der Waals surface area contributed by atoms with Crippen molar-refractivity contribution in [1.82, 2.24) is 14.5 Å². The second-order valence-corrected chi connectivity index (χ2v) is 6.44. The van der Waals surface area contributed by atoms with Crippen molar-refractivity contribution in [2.75, 3.05) is 13.2 Å². The van der Waals surface area contributed by atoms with Crippen LogP contribution in [0.25, 0.3) is 11.2 Å².